The number of hydrogen-bond acceptors (Lipinski definition) is 5. The number of aliphatic carboxylic acids is 1. The van der Waals surface area contributed by atoms with E-state index < -0.39 is 42.0 Å². The number of benzene rings is 1. The molecule has 0 unspecified atom stereocenters. The number of rotatable bonds is 14. The average Bonchev–Trinajstić information content (AvgIpc) is 2.76. The number of nitrogens with one attached hydrogen (secondary N) is 3. The summed E-state index contributed by atoms with van der Waals surface area (Å²) >= 11 is 0. The molecule has 0 fully saturated rings. The summed E-state index contributed by atoms with van der Waals surface area (Å²) in [5, 5.41) is 17.2. The molecular formula is C25H39N3O6. The maximum atomic E-state index is 13.1. The van der Waals surface area contributed by atoms with Crippen LogP contribution in [0, 0.1) is 11.8 Å². The minimum absolute atomic E-state index is 0.0646. The van der Waals surface area contributed by atoms with E-state index in [0.717, 1.165) is 5.56 Å². The number of hydrogen-bond donors (Lipinski definition) is 4. The van der Waals surface area contributed by atoms with E-state index >= 15 is 0 Å². The quantitative estimate of drug-likeness (QED) is 0.325. The minimum atomic E-state index is -1.12. The molecule has 9 heteroatoms. The summed E-state index contributed by atoms with van der Waals surface area (Å²) in [7, 11) is 0. The fourth-order valence-electron chi connectivity index (χ4n) is 3.40. The molecule has 3 atom stereocenters. The lowest BCUT2D eigenvalue weighted by Crippen LogP contribution is -2.56. The fourth-order valence-corrected chi connectivity index (χ4v) is 3.40. The van der Waals surface area contributed by atoms with Gasteiger partial charge in [0.1, 0.15) is 24.7 Å². The standard InChI is InChI=1S/C25H39N3O6/c1-6-10-19(24(31)32)26-22(29)20(13-16(2)3)27-23(30)21(14-17(4)5)28-25(33)34-15-18-11-8-7-9-12-18/h7-9,11-12,16-17,19-21H,6,10,13-15H2,1-5H3,(H,26,29)(H,27,30)(H,28,33)(H,31,32)/t19-,20-,21-/m0/s1. The third-order valence-corrected chi connectivity index (χ3v) is 5.06. The molecule has 0 spiro atoms. The molecule has 0 aliphatic carbocycles. The van der Waals surface area contributed by atoms with Crippen molar-refractivity contribution in [1.29, 1.82) is 0 Å². The summed E-state index contributed by atoms with van der Waals surface area (Å²) < 4.78 is 5.24. The number of amides is 3. The van der Waals surface area contributed by atoms with Crippen LogP contribution >= 0.6 is 0 Å². The molecule has 34 heavy (non-hydrogen) atoms. The molecule has 0 aliphatic rings. The molecule has 0 radical (unpaired) electrons. The van der Waals surface area contributed by atoms with Crippen LogP contribution in [-0.2, 0) is 25.7 Å². The van der Waals surface area contributed by atoms with Crippen LogP contribution in [0.15, 0.2) is 30.3 Å². The average molecular weight is 478 g/mol. The Labute approximate surface area is 202 Å². The van der Waals surface area contributed by atoms with Gasteiger partial charge in [0.05, 0.1) is 0 Å². The first-order valence-corrected chi connectivity index (χ1v) is 11.8. The zero-order valence-electron chi connectivity index (χ0n) is 20.8. The second-order valence-corrected chi connectivity index (χ2v) is 9.27. The van der Waals surface area contributed by atoms with Crippen molar-refractivity contribution in [3.63, 3.8) is 0 Å². The van der Waals surface area contributed by atoms with Gasteiger partial charge < -0.3 is 25.8 Å². The monoisotopic (exact) mass is 477 g/mol. The highest BCUT2D eigenvalue weighted by Gasteiger charge is 2.30. The zero-order chi connectivity index (χ0) is 25.7. The zero-order valence-corrected chi connectivity index (χ0v) is 20.8. The van der Waals surface area contributed by atoms with Crippen LogP contribution in [0.4, 0.5) is 4.79 Å². The second kappa shape index (κ2) is 14.9. The third kappa shape index (κ3) is 11.2. The highest BCUT2D eigenvalue weighted by Crippen LogP contribution is 2.10. The van der Waals surface area contributed by atoms with Gasteiger partial charge in [0.2, 0.25) is 11.8 Å². The molecule has 0 bridgehead atoms. The molecule has 9 nitrogen and oxygen atoms in total. The largest absolute Gasteiger partial charge is 0.480 e. The van der Waals surface area contributed by atoms with Gasteiger partial charge in [0, 0.05) is 0 Å². The van der Waals surface area contributed by atoms with Gasteiger partial charge in [0.25, 0.3) is 0 Å². The highest BCUT2D eigenvalue weighted by molar-refractivity contribution is 5.92. The van der Waals surface area contributed by atoms with Gasteiger partial charge in [-0.2, -0.15) is 0 Å². The predicted octanol–water partition coefficient (Wildman–Crippen LogP) is 3.23. The number of carboxylic acid groups (broad SMARTS) is 1. The Bertz CT molecular complexity index is 797. The Morgan fingerprint density at radius 2 is 1.32 bits per heavy atom. The van der Waals surface area contributed by atoms with Crippen molar-refractivity contribution < 1.29 is 29.0 Å². The molecule has 1 aromatic carbocycles. The smallest absolute Gasteiger partial charge is 0.408 e. The Morgan fingerprint density at radius 3 is 1.79 bits per heavy atom. The molecule has 0 aromatic heterocycles. The first-order valence-electron chi connectivity index (χ1n) is 11.8. The summed E-state index contributed by atoms with van der Waals surface area (Å²) in [5.74, 6) is -2.04. The Hall–Kier alpha value is -3.10. The molecule has 0 saturated carbocycles. The van der Waals surface area contributed by atoms with Crippen LogP contribution in [0.25, 0.3) is 0 Å². The van der Waals surface area contributed by atoms with Crippen molar-refractivity contribution in [3.8, 4) is 0 Å². The van der Waals surface area contributed by atoms with Gasteiger partial charge in [-0.1, -0.05) is 71.4 Å². The van der Waals surface area contributed by atoms with Gasteiger partial charge in [-0.25, -0.2) is 9.59 Å². The maximum Gasteiger partial charge on any atom is 0.408 e. The summed E-state index contributed by atoms with van der Waals surface area (Å²) in [6.07, 6.45) is 0.806. The van der Waals surface area contributed by atoms with Gasteiger partial charge >= 0.3 is 12.1 Å². The first-order chi connectivity index (χ1) is 16.0. The van der Waals surface area contributed by atoms with E-state index in [4.69, 9.17) is 4.74 Å². The van der Waals surface area contributed by atoms with Crippen molar-refractivity contribution in [1.82, 2.24) is 16.0 Å². The van der Waals surface area contributed by atoms with Crippen LogP contribution in [0.3, 0.4) is 0 Å². The van der Waals surface area contributed by atoms with E-state index in [1.165, 1.54) is 0 Å². The summed E-state index contributed by atoms with van der Waals surface area (Å²) in [5.41, 5.74) is 0.816. The normalized spacial score (nSPS) is 13.6. The molecule has 0 saturated heterocycles. The van der Waals surface area contributed by atoms with Crippen LogP contribution in [0.5, 0.6) is 0 Å². The maximum absolute atomic E-state index is 13.1. The Balaban J connectivity index is 2.86. The third-order valence-electron chi connectivity index (χ3n) is 5.06. The molecule has 190 valence electrons. The number of carbonyl (C=O) groups is 4. The summed E-state index contributed by atoms with van der Waals surface area (Å²) in [6.45, 7) is 9.52. The summed E-state index contributed by atoms with van der Waals surface area (Å²) in [4.78, 5) is 49.7. The van der Waals surface area contributed by atoms with Gasteiger partial charge in [-0.05, 0) is 36.7 Å². The first kappa shape index (κ1) is 28.9. The van der Waals surface area contributed by atoms with Gasteiger partial charge in [0.15, 0.2) is 0 Å². The van der Waals surface area contributed by atoms with E-state index in [1.807, 2.05) is 65.0 Å². The Morgan fingerprint density at radius 1 is 0.824 bits per heavy atom. The fraction of sp³-hybridized carbons (Fsp3) is 0.600. The topological polar surface area (TPSA) is 134 Å². The van der Waals surface area contributed by atoms with Crippen LogP contribution in [0.2, 0.25) is 0 Å². The predicted molar refractivity (Wildman–Crippen MR) is 129 cm³/mol. The molecule has 0 heterocycles. The molecule has 1 aromatic rings. The van der Waals surface area contributed by atoms with Gasteiger partial charge in [-0.15, -0.1) is 0 Å². The van der Waals surface area contributed by atoms with Crippen LogP contribution < -0.4 is 16.0 Å². The van der Waals surface area contributed by atoms with Crippen LogP contribution in [-0.4, -0.2) is 47.1 Å². The molecular weight excluding hydrogens is 438 g/mol. The molecule has 1 rings (SSSR count). The van der Waals surface area contributed by atoms with Crippen molar-refractivity contribution in [2.75, 3.05) is 0 Å². The lowest BCUT2D eigenvalue weighted by Gasteiger charge is -2.26. The molecule has 0 aliphatic heterocycles. The number of carboxylic acids is 1. The number of alkyl carbamates (subject to hydrolysis) is 1. The van der Waals surface area contributed by atoms with Crippen LogP contribution in [0.1, 0.15) is 65.9 Å². The molecule has 4 N–H and O–H groups in total. The second-order valence-electron chi connectivity index (χ2n) is 9.27. The molecule has 3 amide bonds. The van der Waals surface area contributed by atoms with Crippen molar-refractivity contribution in [2.45, 2.75) is 85.0 Å². The van der Waals surface area contributed by atoms with E-state index in [9.17, 15) is 24.3 Å². The number of ether oxygens (including phenoxy) is 1. The Kier molecular flexibility index (Phi) is 12.7. The lowest BCUT2D eigenvalue weighted by molar-refractivity contribution is -0.142. The van der Waals surface area contributed by atoms with E-state index in [-0.39, 0.29) is 24.9 Å². The van der Waals surface area contributed by atoms with E-state index in [0.29, 0.717) is 19.3 Å². The lowest BCUT2D eigenvalue weighted by atomic mass is 10.00. The van der Waals surface area contributed by atoms with Crippen molar-refractivity contribution in [3.05, 3.63) is 35.9 Å². The number of carbonyl (C=O) groups excluding carboxylic acids is 3. The minimum Gasteiger partial charge on any atom is -0.480 e. The van der Waals surface area contributed by atoms with Crippen molar-refractivity contribution >= 4 is 23.9 Å². The van der Waals surface area contributed by atoms with E-state index in [1.54, 1.807) is 0 Å². The highest BCUT2D eigenvalue weighted by atomic mass is 16.5. The van der Waals surface area contributed by atoms with Gasteiger partial charge in [-0.3, -0.25) is 9.59 Å². The summed E-state index contributed by atoms with van der Waals surface area (Å²) in [6, 6.07) is 6.31. The van der Waals surface area contributed by atoms with Crippen molar-refractivity contribution in [2.24, 2.45) is 11.8 Å². The van der Waals surface area contributed by atoms with E-state index in [2.05, 4.69) is 16.0 Å². The SMILES string of the molecule is CCC[C@H](NC(=O)[C@H](CC(C)C)NC(=O)[C@H](CC(C)C)NC(=O)OCc1ccccc1)C(=O)O.